The van der Waals surface area contributed by atoms with E-state index >= 15 is 0 Å². The zero-order valence-electron chi connectivity index (χ0n) is 11.4. The molecule has 0 heterocycles. The van der Waals surface area contributed by atoms with E-state index in [1.54, 1.807) is 7.11 Å². The van der Waals surface area contributed by atoms with Crippen LogP contribution in [0.2, 0.25) is 0 Å². The van der Waals surface area contributed by atoms with E-state index in [1.165, 1.54) is 12.8 Å². The molecule has 1 saturated carbocycles. The largest absolute Gasteiger partial charge is 0.388 e. The highest BCUT2D eigenvalue weighted by atomic mass is 79.9. The summed E-state index contributed by atoms with van der Waals surface area (Å²) in [5.74, 6) is 0. The van der Waals surface area contributed by atoms with Crippen molar-refractivity contribution >= 4 is 15.9 Å². The van der Waals surface area contributed by atoms with Crippen molar-refractivity contribution in [1.29, 1.82) is 0 Å². The lowest BCUT2D eigenvalue weighted by molar-refractivity contribution is 0.113. The number of aliphatic hydroxyl groups excluding tert-OH is 1. The SMILES string of the molecule is COCCN(CCC(O)c1ccccc1Br)C1CC1. The minimum atomic E-state index is -0.403. The van der Waals surface area contributed by atoms with Gasteiger partial charge in [-0.1, -0.05) is 34.1 Å². The summed E-state index contributed by atoms with van der Waals surface area (Å²) in [7, 11) is 1.74. The number of rotatable bonds is 8. The van der Waals surface area contributed by atoms with Gasteiger partial charge in [0.05, 0.1) is 12.7 Å². The summed E-state index contributed by atoms with van der Waals surface area (Å²) in [6, 6.07) is 8.59. The van der Waals surface area contributed by atoms with Gasteiger partial charge in [0.25, 0.3) is 0 Å². The fraction of sp³-hybridized carbons (Fsp3) is 0.600. The third kappa shape index (κ3) is 4.56. The van der Waals surface area contributed by atoms with Crippen LogP contribution >= 0.6 is 15.9 Å². The van der Waals surface area contributed by atoms with Crippen LogP contribution in [0.25, 0.3) is 0 Å². The molecule has 19 heavy (non-hydrogen) atoms. The van der Waals surface area contributed by atoms with Gasteiger partial charge in [0, 0.05) is 30.7 Å². The highest BCUT2D eigenvalue weighted by molar-refractivity contribution is 9.10. The van der Waals surface area contributed by atoms with Crippen LogP contribution in [0.15, 0.2) is 28.7 Å². The summed E-state index contributed by atoms with van der Waals surface area (Å²) in [5.41, 5.74) is 0.977. The average molecular weight is 328 g/mol. The van der Waals surface area contributed by atoms with Crippen LogP contribution in [0, 0.1) is 0 Å². The third-order valence-electron chi connectivity index (χ3n) is 3.60. The summed E-state index contributed by atoms with van der Waals surface area (Å²) >= 11 is 3.49. The van der Waals surface area contributed by atoms with Gasteiger partial charge in [-0.25, -0.2) is 0 Å². The van der Waals surface area contributed by atoms with E-state index in [0.717, 1.165) is 36.2 Å². The van der Waals surface area contributed by atoms with Crippen molar-refractivity contribution < 1.29 is 9.84 Å². The maximum absolute atomic E-state index is 10.3. The Hall–Kier alpha value is -0.420. The van der Waals surface area contributed by atoms with E-state index in [-0.39, 0.29) is 0 Å². The van der Waals surface area contributed by atoms with Crippen LogP contribution in [0.5, 0.6) is 0 Å². The molecule has 1 unspecified atom stereocenters. The number of nitrogens with zero attached hydrogens (tertiary/aromatic N) is 1. The zero-order chi connectivity index (χ0) is 13.7. The summed E-state index contributed by atoms with van der Waals surface area (Å²) in [6.45, 7) is 2.65. The van der Waals surface area contributed by atoms with Crippen molar-refractivity contribution in [2.45, 2.75) is 31.4 Å². The van der Waals surface area contributed by atoms with E-state index in [9.17, 15) is 5.11 Å². The molecule has 0 amide bonds. The average Bonchev–Trinajstić information content (AvgIpc) is 3.23. The van der Waals surface area contributed by atoms with Gasteiger partial charge in [0.1, 0.15) is 0 Å². The van der Waals surface area contributed by atoms with Crippen LogP contribution in [0.3, 0.4) is 0 Å². The number of aliphatic hydroxyl groups is 1. The van der Waals surface area contributed by atoms with Gasteiger partial charge in [-0.05, 0) is 30.9 Å². The minimum Gasteiger partial charge on any atom is -0.388 e. The summed E-state index contributed by atoms with van der Waals surface area (Å²) in [4.78, 5) is 2.43. The van der Waals surface area contributed by atoms with Crippen molar-refractivity contribution in [3.8, 4) is 0 Å². The van der Waals surface area contributed by atoms with E-state index < -0.39 is 6.10 Å². The highest BCUT2D eigenvalue weighted by Gasteiger charge is 2.28. The molecule has 0 bridgehead atoms. The Bertz CT molecular complexity index is 395. The molecule has 0 aliphatic heterocycles. The first-order valence-electron chi connectivity index (χ1n) is 6.88. The molecule has 106 valence electrons. The Labute approximate surface area is 123 Å². The topological polar surface area (TPSA) is 32.7 Å². The maximum atomic E-state index is 10.3. The number of methoxy groups -OCH3 is 1. The fourth-order valence-corrected chi connectivity index (χ4v) is 2.86. The number of benzene rings is 1. The number of halogens is 1. The number of hydrogen-bond acceptors (Lipinski definition) is 3. The van der Waals surface area contributed by atoms with Crippen LogP contribution in [-0.2, 0) is 4.74 Å². The summed E-state index contributed by atoms with van der Waals surface area (Å²) in [6.07, 6.45) is 2.94. The predicted molar refractivity (Wildman–Crippen MR) is 80.2 cm³/mol. The molecular weight excluding hydrogens is 306 g/mol. The lowest BCUT2D eigenvalue weighted by Gasteiger charge is -2.23. The first-order valence-corrected chi connectivity index (χ1v) is 7.67. The lowest BCUT2D eigenvalue weighted by Crippen LogP contribution is -2.31. The van der Waals surface area contributed by atoms with Crippen LogP contribution in [0.1, 0.15) is 30.9 Å². The van der Waals surface area contributed by atoms with Gasteiger partial charge < -0.3 is 9.84 Å². The quantitative estimate of drug-likeness (QED) is 0.796. The van der Waals surface area contributed by atoms with Gasteiger partial charge in [0.15, 0.2) is 0 Å². The first kappa shape index (κ1) is 15.0. The summed E-state index contributed by atoms with van der Waals surface area (Å²) in [5, 5.41) is 10.3. The molecule has 1 aliphatic rings. The van der Waals surface area contributed by atoms with Crippen molar-refractivity contribution in [3.05, 3.63) is 34.3 Å². The van der Waals surface area contributed by atoms with Crippen molar-refractivity contribution in [1.82, 2.24) is 4.90 Å². The predicted octanol–water partition coefficient (Wildman–Crippen LogP) is 2.98. The minimum absolute atomic E-state index is 0.403. The van der Waals surface area contributed by atoms with Crippen molar-refractivity contribution in [3.63, 3.8) is 0 Å². The Kier molecular flexibility index (Phi) is 5.82. The van der Waals surface area contributed by atoms with E-state index in [1.807, 2.05) is 24.3 Å². The molecule has 0 spiro atoms. The second-order valence-electron chi connectivity index (χ2n) is 5.09. The van der Waals surface area contributed by atoms with Crippen LogP contribution < -0.4 is 0 Å². The van der Waals surface area contributed by atoms with Gasteiger partial charge in [-0.3, -0.25) is 4.90 Å². The van der Waals surface area contributed by atoms with Crippen LogP contribution in [0.4, 0.5) is 0 Å². The fourth-order valence-electron chi connectivity index (χ4n) is 2.31. The third-order valence-corrected chi connectivity index (χ3v) is 4.32. The smallest absolute Gasteiger partial charge is 0.0813 e. The maximum Gasteiger partial charge on any atom is 0.0813 e. The van der Waals surface area contributed by atoms with Crippen LogP contribution in [-0.4, -0.2) is 42.9 Å². The van der Waals surface area contributed by atoms with Gasteiger partial charge in [-0.2, -0.15) is 0 Å². The van der Waals surface area contributed by atoms with E-state index in [2.05, 4.69) is 20.8 Å². The molecule has 3 nitrogen and oxygen atoms in total. The Balaban J connectivity index is 1.84. The molecule has 1 fully saturated rings. The second kappa shape index (κ2) is 7.39. The molecule has 1 N–H and O–H groups in total. The molecule has 1 aliphatic carbocycles. The first-order chi connectivity index (χ1) is 9.22. The Morgan fingerprint density at radius 1 is 1.37 bits per heavy atom. The lowest BCUT2D eigenvalue weighted by atomic mass is 10.1. The molecule has 1 aromatic rings. The second-order valence-corrected chi connectivity index (χ2v) is 5.94. The normalized spacial score (nSPS) is 16.8. The zero-order valence-corrected chi connectivity index (χ0v) is 13.0. The molecule has 0 radical (unpaired) electrons. The van der Waals surface area contributed by atoms with Crippen molar-refractivity contribution in [2.75, 3.05) is 26.8 Å². The number of hydrogen-bond donors (Lipinski definition) is 1. The van der Waals surface area contributed by atoms with Gasteiger partial charge in [-0.15, -0.1) is 0 Å². The van der Waals surface area contributed by atoms with E-state index in [0.29, 0.717) is 6.04 Å². The molecule has 0 saturated heterocycles. The monoisotopic (exact) mass is 327 g/mol. The molecule has 1 atom stereocenters. The summed E-state index contributed by atoms with van der Waals surface area (Å²) < 4.78 is 6.13. The molecule has 0 aromatic heterocycles. The molecule has 2 rings (SSSR count). The van der Waals surface area contributed by atoms with Crippen molar-refractivity contribution in [2.24, 2.45) is 0 Å². The standard InChI is InChI=1S/C15H22BrNO2/c1-19-11-10-17(12-6-7-12)9-8-15(18)13-4-2-3-5-14(13)16/h2-5,12,15,18H,6-11H2,1H3. The molecule has 1 aromatic carbocycles. The Morgan fingerprint density at radius 2 is 2.11 bits per heavy atom. The molecule has 4 heteroatoms. The van der Waals surface area contributed by atoms with E-state index in [4.69, 9.17) is 4.74 Å². The molecular formula is C15H22BrNO2. The highest BCUT2D eigenvalue weighted by Crippen LogP contribution is 2.29. The Morgan fingerprint density at radius 3 is 2.74 bits per heavy atom. The van der Waals surface area contributed by atoms with Gasteiger partial charge in [0.2, 0.25) is 0 Å². The van der Waals surface area contributed by atoms with Gasteiger partial charge >= 0.3 is 0 Å². The number of ether oxygens (including phenoxy) is 1.